The number of carboxylic acids is 1. The van der Waals surface area contributed by atoms with E-state index in [4.69, 9.17) is 9.84 Å². The molecule has 3 N–H and O–H groups in total. The lowest BCUT2D eigenvalue weighted by molar-refractivity contribution is -0.685. The molecule has 226 valence electrons. The van der Waals surface area contributed by atoms with E-state index in [1.54, 1.807) is 77.2 Å². The molecule has 4 rings (SSSR count). The van der Waals surface area contributed by atoms with Crippen molar-refractivity contribution in [1.29, 1.82) is 0 Å². The molecule has 0 saturated heterocycles. The summed E-state index contributed by atoms with van der Waals surface area (Å²) in [4.78, 5) is 50.7. The summed E-state index contributed by atoms with van der Waals surface area (Å²) in [5.41, 5.74) is 2.44. The van der Waals surface area contributed by atoms with Crippen molar-refractivity contribution in [2.24, 2.45) is 0 Å². The SMILES string of the molecule is CCCC(NC(=O)C(=Cc1cn(-c2ccccc2)nc1-c1ccc[n+](CC(=O)OCC)c1)NC(=O)c1ccccc1)C(=O)O. The van der Waals surface area contributed by atoms with Gasteiger partial charge in [-0.25, -0.2) is 14.3 Å². The molecule has 1 atom stereocenters. The number of para-hydroxylation sites is 1. The fourth-order valence-electron chi connectivity index (χ4n) is 4.43. The number of carboxylic acid groups (broad SMARTS) is 1. The predicted molar refractivity (Wildman–Crippen MR) is 162 cm³/mol. The van der Waals surface area contributed by atoms with Gasteiger partial charge in [0, 0.05) is 23.4 Å². The molecule has 11 nitrogen and oxygen atoms in total. The first-order chi connectivity index (χ1) is 21.3. The molecule has 2 amide bonds. The van der Waals surface area contributed by atoms with E-state index in [0.29, 0.717) is 28.8 Å². The first-order valence-corrected chi connectivity index (χ1v) is 14.2. The van der Waals surface area contributed by atoms with Crippen LogP contribution in [0.1, 0.15) is 42.6 Å². The summed E-state index contributed by atoms with van der Waals surface area (Å²) < 4.78 is 8.38. The van der Waals surface area contributed by atoms with Gasteiger partial charge in [-0.1, -0.05) is 49.7 Å². The van der Waals surface area contributed by atoms with Crippen LogP contribution in [0, 0.1) is 0 Å². The highest BCUT2D eigenvalue weighted by atomic mass is 16.5. The van der Waals surface area contributed by atoms with Gasteiger partial charge in [-0.3, -0.25) is 9.59 Å². The highest BCUT2D eigenvalue weighted by Gasteiger charge is 2.24. The minimum Gasteiger partial charge on any atom is -0.480 e. The maximum Gasteiger partial charge on any atom is 0.372 e. The smallest absolute Gasteiger partial charge is 0.372 e. The Kier molecular flexibility index (Phi) is 10.7. The highest BCUT2D eigenvalue weighted by Crippen LogP contribution is 2.25. The zero-order valence-electron chi connectivity index (χ0n) is 24.5. The quantitative estimate of drug-likeness (QED) is 0.122. The van der Waals surface area contributed by atoms with Gasteiger partial charge in [0.15, 0.2) is 12.4 Å². The lowest BCUT2D eigenvalue weighted by atomic mass is 10.1. The third-order valence-corrected chi connectivity index (χ3v) is 6.52. The fourth-order valence-corrected chi connectivity index (χ4v) is 4.43. The molecule has 0 aliphatic heterocycles. The van der Waals surface area contributed by atoms with Crippen LogP contribution in [0.5, 0.6) is 0 Å². The number of carbonyl (C=O) groups excluding carboxylic acids is 3. The summed E-state index contributed by atoms with van der Waals surface area (Å²) in [6, 6.07) is 20.1. The number of nitrogens with one attached hydrogen (secondary N) is 2. The van der Waals surface area contributed by atoms with Crippen LogP contribution in [0.15, 0.2) is 97.1 Å². The molecule has 0 aliphatic rings. The van der Waals surface area contributed by atoms with Crippen LogP contribution in [0.3, 0.4) is 0 Å². The van der Waals surface area contributed by atoms with Crippen LogP contribution in [-0.2, 0) is 25.7 Å². The third-order valence-electron chi connectivity index (χ3n) is 6.52. The zero-order chi connectivity index (χ0) is 31.5. The average molecular weight is 597 g/mol. The summed E-state index contributed by atoms with van der Waals surface area (Å²) in [5.74, 6) is -2.88. The normalized spacial score (nSPS) is 11.8. The molecule has 44 heavy (non-hydrogen) atoms. The van der Waals surface area contributed by atoms with Crippen molar-refractivity contribution in [2.45, 2.75) is 39.3 Å². The van der Waals surface area contributed by atoms with Crippen molar-refractivity contribution < 1.29 is 33.6 Å². The fraction of sp³-hybridized carbons (Fsp3) is 0.212. The lowest BCUT2D eigenvalue weighted by Crippen LogP contribution is -2.44. The predicted octanol–water partition coefficient (Wildman–Crippen LogP) is 3.53. The van der Waals surface area contributed by atoms with E-state index in [1.165, 1.54) is 6.08 Å². The van der Waals surface area contributed by atoms with Gasteiger partial charge in [-0.15, -0.1) is 0 Å². The molecule has 0 saturated carbocycles. The number of pyridine rings is 1. The summed E-state index contributed by atoms with van der Waals surface area (Å²) in [5, 5.41) is 19.6. The summed E-state index contributed by atoms with van der Waals surface area (Å²) in [6.45, 7) is 3.80. The van der Waals surface area contributed by atoms with Gasteiger partial charge in [0.05, 0.1) is 17.9 Å². The molecule has 1 unspecified atom stereocenters. The van der Waals surface area contributed by atoms with Crippen LogP contribution in [0.25, 0.3) is 23.0 Å². The van der Waals surface area contributed by atoms with Crippen LogP contribution < -0.4 is 15.2 Å². The van der Waals surface area contributed by atoms with Crippen molar-refractivity contribution in [3.63, 3.8) is 0 Å². The van der Waals surface area contributed by atoms with Crippen LogP contribution in [0.4, 0.5) is 0 Å². The number of rotatable bonds is 13. The van der Waals surface area contributed by atoms with Gasteiger partial charge in [0.2, 0.25) is 6.54 Å². The van der Waals surface area contributed by atoms with Crippen molar-refractivity contribution in [1.82, 2.24) is 20.4 Å². The van der Waals surface area contributed by atoms with Crippen molar-refractivity contribution in [3.8, 4) is 16.9 Å². The van der Waals surface area contributed by atoms with Gasteiger partial charge < -0.3 is 20.5 Å². The van der Waals surface area contributed by atoms with E-state index in [0.717, 1.165) is 5.69 Å². The maximum atomic E-state index is 13.5. The second-order valence-electron chi connectivity index (χ2n) is 9.81. The average Bonchev–Trinajstić information content (AvgIpc) is 3.45. The number of aromatic nitrogens is 3. The Labute approximate surface area is 254 Å². The van der Waals surface area contributed by atoms with Gasteiger partial charge >= 0.3 is 11.9 Å². The molecule has 2 heterocycles. The molecule has 2 aromatic carbocycles. The number of nitrogens with zero attached hydrogens (tertiary/aromatic N) is 3. The van der Waals surface area contributed by atoms with Crippen LogP contribution >= 0.6 is 0 Å². The molecule has 11 heteroatoms. The zero-order valence-corrected chi connectivity index (χ0v) is 24.5. The number of ether oxygens (including phenoxy) is 1. The molecule has 0 fully saturated rings. The first-order valence-electron chi connectivity index (χ1n) is 14.2. The van der Waals surface area contributed by atoms with E-state index in [2.05, 4.69) is 10.6 Å². The number of aliphatic carboxylic acids is 1. The number of hydrogen-bond donors (Lipinski definition) is 3. The summed E-state index contributed by atoms with van der Waals surface area (Å²) in [7, 11) is 0. The largest absolute Gasteiger partial charge is 0.480 e. The Morgan fingerprint density at radius 2 is 1.70 bits per heavy atom. The number of benzene rings is 2. The minimum absolute atomic E-state index is 0.0129. The standard InChI is InChI=1S/C33H33N5O6/c1-3-12-27(33(42)43)34-32(41)28(35-31(40)23-13-7-5-8-14-23)19-25-21-38(26-16-9-6-10-17-26)36-30(25)24-15-11-18-37(20-24)22-29(39)44-4-2/h5-11,13-21,27H,3-4,12,22H2,1-2H3,(H2-,34,35,40,41,42,43)/p+1. The second-order valence-corrected chi connectivity index (χ2v) is 9.81. The number of esters is 1. The Morgan fingerprint density at radius 3 is 2.36 bits per heavy atom. The molecule has 0 spiro atoms. The highest BCUT2D eigenvalue weighted by molar-refractivity contribution is 6.06. The summed E-state index contributed by atoms with van der Waals surface area (Å²) in [6.07, 6.45) is 7.36. The van der Waals surface area contributed by atoms with E-state index < -0.39 is 29.8 Å². The molecule has 2 aromatic heterocycles. The van der Waals surface area contributed by atoms with Gasteiger partial charge in [0.1, 0.15) is 17.4 Å². The van der Waals surface area contributed by atoms with Crippen LogP contribution in [0.2, 0.25) is 0 Å². The molecular formula is C33H34N5O6+. The second kappa shape index (κ2) is 15.1. The van der Waals surface area contributed by atoms with E-state index in [9.17, 15) is 24.3 Å². The Hall–Kier alpha value is -5.58. The van der Waals surface area contributed by atoms with Gasteiger partial charge in [-0.2, -0.15) is 9.67 Å². The molecule has 0 aliphatic carbocycles. The van der Waals surface area contributed by atoms with Gasteiger partial charge in [-0.05, 0) is 49.8 Å². The third kappa shape index (κ3) is 8.25. The lowest BCUT2D eigenvalue weighted by Gasteiger charge is -2.16. The topological polar surface area (TPSA) is 144 Å². The Balaban J connectivity index is 1.82. The van der Waals surface area contributed by atoms with E-state index in [-0.39, 0.29) is 25.3 Å². The number of carbonyl (C=O) groups is 4. The molecule has 4 aromatic rings. The maximum absolute atomic E-state index is 13.5. The number of amides is 2. The van der Waals surface area contributed by atoms with E-state index >= 15 is 0 Å². The van der Waals surface area contributed by atoms with Crippen LogP contribution in [-0.4, -0.2) is 51.3 Å². The Bertz CT molecular complexity index is 1650. The van der Waals surface area contributed by atoms with E-state index in [1.807, 2.05) is 37.3 Å². The van der Waals surface area contributed by atoms with Gasteiger partial charge in [0.25, 0.3) is 11.8 Å². The number of hydrogen-bond acceptors (Lipinski definition) is 6. The first kappa shape index (κ1) is 31.4. The Morgan fingerprint density at radius 1 is 1.00 bits per heavy atom. The minimum atomic E-state index is -1.18. The monoisotopic (exact) mass is 596 g/mol. The summed E-state index contributed by atoms with van der Waals surface area (Å²) >= 11 is 0. The van der Waals surface area contributed by atoms with Crippen molar-refractivity contribution >= 4 is 29.8 Å². The molecule has 0 bridgehead atoms. The molecular weight excluding hydrogens is 562 g/mol. The van der Waals surface area contributed by atoms with Crippen molar-refractivity contribution in [2.75, 3.05) is 6.61 Å². The molecule has 0 radical (unpaired) electrons. The van der Waals surface area contributed by atoms with Crippen molar-refractivity contribution in [3.05, 3.63) is 108 Å².